The number of nitriles is 1. The van der Waals surface area contributed by atoms with Gasteiger partial charge in [-0.15, -0.1) is 11.3 Å². The number of hydrogen-bond acceptors (Lipinski definition) is 5. The standard InChI is InChI=1S/C18H19N3OS/c1-14(22)15-4-5-16(12-19)18(11-15)21-8-6-20(7-9-21)13-17-3-2-10-23-17/h2-5,10-11H,6-9,13H2,1H3. The molecule has 2 aromatic rings. The Bertz CT molecular complexity index is 725. The molecule has 1 aromatic heterocycles. The molecule has 1 saturated heterocycles. The Labute approximate surface area is 140 Å². The van der Waals surface area contributed by atoms with Crippen LogP contribution in [-0.4, -0.2) is 36.9 Å². The van der Waals surface area contributed by atoms with Crippen molar-refractivity contribution in [2.24, 2.45) is 0 Å². The molecule has 0 aliphatic carbocycles. The monoisotopic (exact) mass is 325 g/mol. The van der Waals surface area contributed by atoms with E-state index in [1.807, 2.05) is 6.07 Å². The lowest BCUT2D eigenvalue weighted by atomic mass is 10.1. The number of carbonyl (C=O) groups is 1. The highest BCUT2D eigenvalue weighted by Gasteiger charge is 2.20. The lowest BCUT2D eigenvalue weighted by Crippen LogP contribution is -2.46. The van der Waals surface area contributed by atoms with Gasteiger partial charge in [0.2, 0.25) is 0 Å². The van der Waals surface area contributed by atoms with Crippen molar-refractivity contribution in [3.05, 3.63) is 51.7 Å². The second kappa shape index (κ2) is 6.95. The van der Waals surface area contributed by atoms with Gasteiger partial charge in [0.05, 0.1) is 11.3 Å². The Morgan fingerprint density at radius 2 is 2.04 bits per heavy atom. The molecule has 23 heavy (non-hydrogen) atoms. The van der Waals surface area contributed by atoms with E-state index in [2.05, 4.69) is 33.4 Å². The van der Waals surface area contributed by atoms with Gasteiger partial charge in [0.1, 0.15) is 6.07 Å². The van der Waals surface area contributed by atoms with Crippen LogP contribution in [-0.2, 0) is 6.54 Å². The van der Waals surface area contributed by atoms with E-state index >= 15 is 0 Å². The molecule has 0 spiro atoms. The number of thiophene rings is 1. The molecule has 1 aliphatic heterocycles. The van der Waals surface area contributed by atoms with Crippen molar-refractivity contribution in [3.8, 4) is 6.07 Å². The first kappa shape index (κ1) is 15.7. The number of ketones is 1. The number of carbonyl (C=O) groups excluding carboxylic acids is 1. The maximum Gasteiger partial charge on any atom is 0.159 e. The summed E-state index contributed by atoms with van der Waals surface area (Å²) in [5.74, 6) is 0.0343. The van der Waals surface area contributed by atoms with Crippen LogP contribution in [0.3, 0.4) is 0 Å². The first-order chi connectivity index (χ1) is 11.2. The number of rotatable bonds is 4. The number of benzene rings is 1. The van der Waals surface area contributed by atoms with Crippen molar-refractivity contribution in [1.82, 2.24) is 4.90 Å². The molecule has 118 valence electrons. The van der Waals surface area contributed by atoms with Gasteiger partial charge in [-0.25, -0.2) is 0 Å². The summed E-state index contributed by atoms with van der Waals surface area (Å²) < 4.78 is 0. The summed E-state index contributed by atoms with van der Waals surface area (Å²) in [6.45, 7) is 6.23. The molecule has 4 nitrogen and oxygen atoms in total. The lowest BCUT2D eigenvalue weighted by Gasteiger charge is -2.36. The normalized spacial score (nSPS) is 15.4. The van der Waals surface area contributed by atoms with Crippen LogP contribution in [0.1, 0.15) is 27.7 Å². The maximum absolute atomic E-state index is 11.6. The highest BCUT2D eigenvalue weighted by molar-refractivity contribution is 7.09. The molecule has 0 bridgehead atoms. The minimum Gasteiger partial charge on any atom is -0.368 e. The number of hydrogen-bond donors (Lipinski definition) is 0. The maximum atomic E-state index is 11.6. The van der Waals surface area contributed by atoms with Gasteiger partial charge < -0.3 is 4.90 Å². The van der Waals surface area contributed by atoms with Gasteiger partial charge in [0.25, 0.3) is 0 Å². The molecule has 1 aromatic carbocycles. The van der Waals surface area contributed by atoms with E-state index < -0.39 is 0 Å². The zero-order valence-electron chi connectivity index (χ0n) is 13.2. The minimum atomic E-state index is 0.0343. The Hall–Kier alpha value is -2.16. The number of nitrogens with zero attached hydrogens (tertiary/aromatic N) is 3. The third-order valence-corrected chi connectivity index (χ3v) is 5.06. The SMILES string of the molecule is CC(=O)c1ccc(C#N)c(N2CCN(Cc3cccs3)CC2)c1. The minimum absolute atomic E-state index is 0.0343. The Kier molecular flexibility index (Phi) is 4.75. The zero-order chi connectivity index (χ0) is 16.2. The van der Waals surface area contributed by atoms with Crippen molar-refractivity contribution < 1.29 is 4.79 Å². The molecule has 1 fully saturated rings. The van der Waals surface area contributed by atoms with Crippen LogP contribution < -0.4 is 4.90 Å². The topological polar surface area (TPSA) is 47.3 Å². The molecule has 0 atom stereocenters. The van der Waals surface area contributed by atoms with Gasteiger partial charge in [-0.05, 0) is 36.6 Å². The summed E-state index contributed by atoms with van der Waals surface area (Å²) in [6.07, 6.45) is 0. The van der Waals surface area contributed by atoms with Crippen LogP contribution in [0.4, 0.5) is 5.69 Å². The van der Waals surface area contributed by atoms with E-state index in [-0.39, 0.29) is 5.78 Å². The smallest absolute Gasteiger partial charge is 0.159 e. The predicted octanol–water partition coefficient (Wildman–Crippen LogP) is 3.14. The highest BCUT2D eigenvalue weighted by atomic mass is 32.1. The summed E-state index contributed by atoms with van der Waals surface area (Å²) in [5.41, 5.74) is 2.19. The molecule has 0 radical (unpaired) electrons. The summed E-state index contributed by atoms with van der Waals surface area (Å²) >= 11 is 1.79. The van der Waals surface area contributed by atoms with E-state index in [0.29, 0.717) is 11.1 Å². The predicted molar refractivity (Wildman–Crippen MR) is 93.0 cm³/mol. The molecule has 0 N–H and O–H groups in total. The van der Waals surface area contributed by atoms with E-state index in [4.69, 9.17) is 0 Å². The molecular weight excluding hydrogens is 306 g/mol. The van der Waals surface area contributed by atoms with Crippen LogP contribution >= 0.6 is 11.3 Å². The first-order valence-corrected chi connectivity index (χ1v) is 8.60. The Morgan fingerprint density at radius 3 is 2.65 bits per heavy atom. The summed E-state index contributed by atoms with van der Waals surface area (Å²) in [7, 11) is 0. The van der Waals surface area contributed by atoms with Crippen LogP contribution in [0.25, 0.3) is 0 Å². The third kappa shape index (κ3) is 3.61. The second-order valence-electron chi connectivity index (χ2n) is 5.74. The number of Topliss-reactive ketones (excluding diaryl/α,β-unsaturated/α-hetero) is 1. The van der Waals surface area contributed by atoms with Gasteiger partial charge in [-0.3, -0.25) is 9.69 Å². The van der Waals surface area contributed by atoms with Crippen LogP contribution in [0.5, 0.6) is 0 Å². The van der Waals surface area contributed by atoms with Crippen LogP contribution in [0.2, 0.25) is 0 Å². The van der Waals surface area contributed by atoms with Crippen molar-refractivity contribution in [2.45, 2.75) is 13.5 Å². The molecule has 0 saturated carbocycles. The molecule has 1 aliphatic rings. The lowest BCUT2D eigenvalue weighted by molar-refractivity contribution is 0.101. The summed E-state index contributed by atoms with van der Waals surface area (Å²) in [6, 6.07) is 11.8. The van der Waals surface area contributed by atoms with E-state index in [1.54, 1.807) is 30.4 Å². The van der Waals surface area contributed by atoms with E-state index in [0.717, 1.165) is 38.4 Å². The number of anilines is 1. The quantitative estimate of drug-likeness (QED) is 0.810. The van der Waals surface area contributed by atoms with Crippen molar-refractivity contribution in [1.29, 1.82) is 5.26 Å². The largest absolute Gasteiger partial charge is 0.368 e. The fourth-order valence-electron chi connectivity index (χ4n) is 2.88. The van der Waals surface area contributed by atoms with Crippen LogP contribution in [0, 0.1) is 11.3 Å². The fourth-order valence-corrected chi connectivity index (χ4v) is 3.62. The van der Waals surface area contributed by atoms with Gasteiger partial charge in [-0.2, -0.15) is 5.26 Å². The van der Waals surface area contributed by atoms with Gasteiger partial charge >= 0.3 is 0 Å². The second-order valence-corrected chi connectivity index (χ2v) is 6.77. The first-order valence-electron chi connectivity index (χ1n) is 7.72. The molecule has 0 unspecified atom stereocenters. The van der Waals surface area contributed by atoms with Crippen molar-refractivity contribution in [3.63, 3.8) is 0 Å². The molecule has 0 amide bonds. The van der Waals surface area contributed by atoms with Crippen LogP contribution in [0.15, 0.2) is 35.7 Å². The average Bonchev–Trinajstić information content (AvgIpc) is 3.08. The molecular formula is C18H19N3OS. The van der Waals surface area contributed by atoms with Gasteiger partial charge in [0, 0.05) is 43.2 Å². The number of piperazine rings is 1. The fraction of sp³-hybridized carbons (Fsp3) is 0.333. The Balaban J connectivity index is 1.70. The van der Waals surface area contributed by atoms with E-state index in [9.17, 15) is 10.1 Å². The molecule has 3 rings (SSSR count). The summed E-state index contributed by atoms with van der Waals surface area (Å²) in [5, 5.41) is 11.4. The average molecular weight is 325 g/mol. The van der Waals surface area contributed by atoms with Gasteiger partial charge in [0.15, 0.2) is 5.78 Å². The molecule has 2 heterocycles. The molecule has 5 heteroatoms. The van der Waals surface area contributed by atoms with Crippen molar-refractivity contribution >= 4 is 22.8 Å². The van der Waals surface area contributed by atoms with E-state index in [1.165, 1.54) is 4.88 Å². The van der Waals surface area contributed by atoms with Gasteiger partial charge in [-0.1, -0.05) is 6.07 Å². The highest BCUT2D eigenvalue weighted by Crippen LogP contribution is 2.24. The zero-order valence-corrected chi connectivity index (χ0v) is 14.0. The van der Waals surface area contributed by atoms with Crippen molar-refractivity contribution in [2.75, 3.05) is 31.1 Å². The summed E-state index contributed by atoms with van der Waals surface area (Å²) in [4.78, 5) is 17.6. The Morgan fingerprint density at radius 1 is 1.26 bits per heavy atom. The third-order valence-electron chi connectivity index (χ3n) is 4.20.